The molecule has 1 N–H and O–H groups in total. The van der Waals surface area contributed by atoms with Crippen molar-refractivity contribution in [1.82, 2.24) is 10.2 Å². The van der Waals surface area contributed by atoms with Gasteiger partial charge in [-0.3, -0.25) is 4.79 Å². The lowest BCUT2D eigenvalue weighted by molar-refractivity contribution is -0.132. The highest BCUT2D eigenvalue weighted by molar-refractivity contribution is 7.15. The first-order valence-corrected chi connectivity index (χ1v) is 9.06. The van der Waals surface area contributed by atoms with Crippen LogP contribution in [0.15, 0.2) is 0 Å². The van der Waals surface area contributed by atoms with Crippen LogP contribution in [0.5, 0.6) is 0 Å². The van der Waals surface area contributed by atoms with E-state index in [2.05, 4.69) is 29.4 Å². The van der Waals surface area contributed by atoms with Crippen molar-refractivity contribution in [1.29, 1.82) is 0 Å². The van der Waals surface area contributed by atoms with Crippen LogP contribution in [0.2, 0.25) is 0 Å². The highest BCUT2D eigenvalue weighted by Crippen LogP contribution is 2.56. The first-order chi connectivity index (χ1) is 10.1. The van der Waals surface area contributed by atoms with Crippen LogP contribution in [-0.4, -0.2) is 16.1 Å². The Hall–Kier alpha value is -0.970. The smallest absolute Gasteiger partial charge is 0.229 e. The van der Waals surface area contributed by atoms with Crippen molar-refractivity contribution in [3.05, 3.63) is 5.01 Å². The second kappa shape index (κ2) is 5.04. The van der Waals surface area contributed by atoms with Gasteiger partial charge in [-0.05, 0) is 55.8 Å². The van der Waals surface area contributed by atoms with Crippen molar-refractivity contribution in [2.24, 2.45) is 29.6 Å². The Morgan fingerprint density at radius 1 is 1.10 bits per heavy atom. The van der Waals surface area contributed by atoms with Gasteiger partial charge in [0.2, 0.25) is 11.0 Å². The van der Waals surface area contributed by atoms with Gasteiger partial charge in [-0.15, -0.1) is 10.2 Å². The molecule has 1 amide bonds. The molecule has 4 fully saturated rings. The number of rotatable bonds is 3. The molecular formula is C16H23N3OS. The van der Waals surface area contributed by atoms with Gasteiger partial charge < -0.3 is 5.32 Å². The van der Waals surface area contributed by atoms with E-state index in [9.17, 15) is 4.79 Å². The van der Waals surface area contributed by atoms with Gasteiger partial charge in [0.1, 0.15) is 5.01 Å². The summed E-state index contributed by atoms with van der Waals surface area (Å²) in [5.41, 5.74) is 0. The standard InChI is InChI=1S/C16H23N3OS/c1-8(2)15-18-19-16(21-15)17-14(20)13-11-4-9-3-10(6-11)7-12(13)5-9/h8-13H,3-7H2,1-2H3,(H,17,19,20). The number of carbonyl (C=O) groups excluding carboxylic acids is 1. The molecule has 4 aliphatic rings. The van der Waals surface area contributed by atoms with Crippen LogP contribution in [0.25, 0.3) is 0 Å². The lowest BCUT2D eigenvalue weighted by Gasteiger charge is -2.53. The number of aromatic nitrogens is 2. The number of carbonyl (C=O) groups is 1. The molecule has 21 heavy (non-hydrogen) atoms. The van der Waals surface area contributed by atoms with E-state index in [4.69, 9.17) is 0 Å². The predicted molar refractivity (Wildman–Crippen MR) is 83.2 cm³/mol. The van der Waals surface area contributed by atoms with Gasteiger partial charge in [-0.2, -0.15) is 0 Å². The molecule has 4 bridgehead atoms. The maximum atomic E-state index is 12.7. The molecule has 0 saturated heterocycles. The van der Waals surface area contributed by atoms with Crippen molar-refractivity contribution < 1.29 is 4.79 Å². The molecular weight excluding hydrogens is 282 g/mol. The molecule has 0 spiro atoms. The van der Waals surface area contributed by atoms with Gasteiger partial charge in [0.05, 0.1) is 0 Å². The van der Waals surface area contributed by atoms with Crippen LogP contribution in [-0.2, 0) is 4.79 Å². The normalized spacial score (nSPS) is 37.2. The van der Waals surface area contributed by atoms with Crippen molar-refractivity contribution in [2.75, 3.05) is 5.32 Å². The average Bonchev–Trinajstić information content (AvgIpc) is 2.86. The van der Waals surface area contributed by atoms with Gasteiger partial charge >= 0.3 is 0 Å². The van der Waals surface area contributed by atoms with E-state index in [1.807, 2.05) is 0 Å². The van der Waals surface area contributed by atoms with E-state index < -0.39 is 0 Å². The van der Waals surface area contributed by atoms with Crippen LogP contribution in [0.1, 0.15) is 56.9 Å². The molecule has 1 heterocycles. The minimum Gasteiger partial charge on any atom is -0.300 e. The molecule has 4 aliphatic carbocycles. The summed E-state index contributed by atoms with van der Waals surface area (Å²) in [6.07, 6.45) is 6.53. The van der Waals surface area contributed by atoms with Crippen molar-refractivity contribution >= 4 is 22.4 Å². The molecule has 0 atom stereocenters. The maximum Gasteiger partial charge on any atom is 0.229 e. The summed E-state index contributed by atoms with van der Waals surface area (Å²) < 4.78 is 0. The minimum absolute atomic E-state index is 0.204. The second-order valence-corrected chi connectivity index (χ2v) is 8.56. The summed E-state index contributed by atoms with van der Waals surface area (Å²) >= 11 is 1.52. The van der Waals surface area contributed by atoms with E-state index in [0.717, 1.165) is 16.8 Å². The lowest BCUT2D eigenvalue weighted by Crippen LogP contribution is -2.49. The summed E-state index contributed by atoms with van der Waals surface area (Å²) in [4.78, 5) is 12.7. The van der Waals surface area contributed by atoms with Gasteiger partial charge in [-0.25, -0.2) is 0 Å². The van der Waals surface area contributed by atoms with Crippen LogP contribution < -0.4 is 5.32 Å². The zero-order valence-corrected chi connectivity index (χ0v) is 13.5. The highest BCUT2D eigenvalue weighted by Gasteiger charge is 2.50. The number of anilines is 1. The van der Waals surface area contributed by atoms with E-state index >= 15 is 0 Å². The fourth-order valence-electron chi connectivity index (χ4n) is 5.06. The number of hydrogen-bond donors (Lipinski definition) is 1. The minimum atomic E-state index is 0.204. The lowest BCUT2D eigenvalue weighted by atomic mass is 9.51. The monoisotopic (exact) mass is 305 g/mol. The Labute approximate surface area is 129 Å². The summed E-state index contributed by atoms with van der Waals surface area (Å²) in [7, 11) is 0. The molecule has 0 aliphatic heterocycles. The van der Waals surface area contributed by atoms with Crippen molar-refractivity contribution in [3.8, 4) is 0 Å². The molecule has 0 unspecified atom stereocenters. The summed E-state index contributed by atoms with van der Waals surface area (Å²) in [5, 5.41) is 13.0. The van der Waals surface area contributed by atoms with E-state index in [1.54, 1.807) is 0 Å². The third-order valence-corrected chi connectivity index (χ3v) is 6.83. The summed E-state index contributed by atoms with van der Waals surface area (Å²) in [6.45, 7) is 4.20. The zero-order chi connectivity index (χ0) is 14.6. The van der Waals surface area contributed by atoms with Crippen LogP contribution in [0.3, 0.4) is 0 Å². The quantitative estimate of drug-likeness (QED) is 0.927. The maximum absolute atomic E-state index is 12.7. The van der Waals surface area contributed by atoms with E-state index in [1.165, 1.54) is 43.4 Å². The molecule has 0 radical (unpaired) electrons. The van der Waals surface area contributed by atoms with E-state index in [-0.39, 0.29) is 11.8 Å². The van der Waals surface area contributed by atoms with Crippen LogP contribution in [0, 0.1) is 29.6 Å². The van der Waals surface area contributed by atoms with Gasteiger partial charge in [0.25, 0.3) is 0 Å². The fraction of sp³-hybridized carbons (Fsp3) is 0.812. The van der Waals surface area contributed by atoms with Gasteiger partial charge in [0, 0.05) is 11.8 Å². The Balaban J connectivity index is 1.47. The average molecular weight is 305 g/mol. The molecule has 0 aromatic carbocycles. The number of nitrogens with one attached hydrogen (secondary N) is 1. The fourth-order valence-corrected chi connectivity index (χ4v) is 5.81. The molecule has 5 heteroatoms. The number of hydrogen-bond acceptors (Lipinski definition) is 4. The Bertz CT molecular complexity index is 525. The SMILES string of the molecule is CC(C)c1nnc(NC(=O)C2C3CC4CC(C3)CC2C4)s1. The predicted octanol–water partition coefficient (Wildman–Crippen LogP) is 3.67. The molecule has 114 valence electrons. The Morgan fingerprint density at radius 3 is 2.24 bits per heavy atom. The van der Waals surface area contributed by atoms with Crippen molar-refractivity contribution in [3.63, 3.8) is 0 Å². The topological polar surface area (TPSA) is 54.9 Å². The van der Waals surface area contributed by atoms with E-state index in [0.29, 0.717) is 22.9 Å². The molecule has 1 aromatic heterocycles. The van der Waals surface area contributed by atoms with Crippen LogP contribution in [0.4, 0.5) is 5.13 Å². The first kappa shape index (κ1) is 13.7. The number of amides is 1. The van der Waals surface area contributed by atoms with Gasteiger partial charge in [0.15, 0.2) is 0 Å². The molecule has 1 aromatic rings. The van der Waals surface area contributed by atoms with Gasteiger partial charge in [-0.1, -0.05) is 25.2 Å². The third-order valence-electron chi connectivity index (χ3n) is 5.69. The molecule has 4 saturated carbocycles. The van der Waals surface area contributed by atoms with Crippen LogP contribution >= 0.6 is 11.3 Å². The Kier molecular flexibility index (Phi) is 3.28. The third kappa shape index (κ3) is 2.39. The molecule has 5 rings (SSSR count). The highest BCUT2D eigenvalue weighted by atomic mass is 32.1. The zero-order valence-electron chi connectivity index (χ0n) is 12.7. The Morgan fingerprint density at radius 2 is 1.71 bits per heavy atom. The number of nitrogens with zero attached hydrogens (tertiary/aromatic N) is 2. The molecule has 4 nitrogen and oxygen atoms in total. The largest absolute Gasteiger partial charge is 0.300 e. The summed E-state index contributed by atoms with van der Waals surface area (Å²) in [6, 6.07) is 0. The van der Waals surface area contributed by atoms with Crippen molar-refractivity contribution in [2.45, 2.75) is 51.9 Å². The summed E-state index contributed by atoms with van der Waals surface area (Å²) in [5.74, 6) is 3.86. The second-order valence-electron chi connectivity index (χ2n) is 7.55. The first-order valence-electron chi connectivity index (χ1n) is 8.24.